The number of rotatable bonds is 7. The molecule has 1 rings (SSSR count). The molecule has 0 spiro atoms. The Morgan fingerprint density at radius 2 is 1.75 bits per heavy atom. The molecule has 0 radical (unpaired) electrons. The van der Waals surface area contributed by atoms with Gasteiger partial charge in [-0.15, -0.1) is 0 Å². The maximum Gasteiger partial charge on any atom is 0.410 e. The summed E-state index contributed by atoms with van der Waals surface area (Å²) in [4.78, 5) is 54.2. The molecule has 1 aliphatic rings. The van der Waals surface area contributed by atoms with E-state index in [0.29, 0.717) is 0 Å². The normalized spacial score (nSPS) is 17.4. The van der Waals surface area contributed by atoms with Crippen LogP contribution in [-0.2, 0) is 9.63 Å². The minimum Gasteiger partial charge on any atom is -0.465 e. The van der Waals surface area contributed by atoms with Crippen molar-refractivity contribution in [2.75, 3.05) is 18.9 Å². The smallest absolute Gasteiger partial charge is 0.410 e. The van der Waals surface area contributed by atoms with Crippen LogP contribution in [0.5, 0.6) is 0 Å². The van der Waals surface area contributed by atoms with Crippen LogP contribution in [0, 0.1) is 5.41 Å². The molecule has 0 aromatic carbocycles. The summed E-state index contributed by atoms with van der Waals surface area (Å²) in [6.07, 6.45) is -2.82. The van der Waals surface area contributed by atoms with E-state index < -0.39 is 28.9 Å². The van der Waals surface area contributed by atoms with Crippen LogP contribution in [-0.4, -0.2) is 73.6 Å². The van der Waals surface area contributed by atoms with Gasteiger partial charge in [0.1, 0.15) is 0 Å². The van der Waals surface area contributed by atoms with Crippen molar-refractivity contribution in [2.45, 2.75) is 52.9 Å². The highest BCUT2D eigenvalue weighted by atomic mass is 32.2. The summed E-state index contributed by atoms with van der Waals surface area (Å²) in [5, 5.41) is 21.1. The standard InChI is InChI=1S/C16H28N4O7S/c1-14(2,3)16(17-11(22)23,20(12(24)25)15(4,5)6)18-27-8-7-19-10(21)9-28-13(19)26/h17-18H,7-9H2,1-6H3,(H,22,23)(H,24,25). The van der Waals surface area contributed by atoms with Gasteiger partial charge < -0.3 is 10.2 Å². The molecule has 160 valence electrons. The van der Waals surface area contributed by atoms with Crippen LogP contribution in [0.1, 0.15) is 41.5 Å². The van der Waals surface area contributed by atoms with Crippen LogP contribution < -0.4 is 10.8 Å². The summed E-state index contributed by atoms with van der Waals surface area (Å²) >= 11 is 0.887. The number of carbonyl (C=O) groups excluding carboxylic acids is 2. The van der Waals surface area contributed by atoms with E-state index in [-0.39, 0.29) is 30.1 Å². The lowest BCUT2D eigenvalue weighted by Gasteiger charge is -2.54. The van der Waals surface area contributed by atoms with Crippen molar-refractivity contribution in [3.05, 3.63) is 0 Å². The van der Waals surface area contributed by atoms with Crippen molar-refractivity contribution in [2.24, 2.45) is 5.41 Å². The topological polar surface area (TPSA) is 149 Å². The molecule has 0 aromatic rings. The van der Waals surface area contributed by atoms with Crippen LogP contribution in [0.15, 0.2) is 0 Å². The minimum absolute atomic E-state index is 0.0481. The maximum atomic E-state index is 12.0. The predicted octanol–water partition coefficient (Wildman–Crippen LogP) is 1.95. The second-order valence-corrected chi connectivity index (χ2v) is 9.16. The molecule has 12 heteroatoms. The zero-order chi connectivity index (χ0) is 21.9. The molecule has 0 aromatic heterocycles. The summed E-state index contributed by atoms with van der Waals surface area (Å²) in [5.41, 5.74) is 0.545. The van der Waals surface area contributed by atoms with Crippen LogP contribution in [0.3, 0.4) is 0 Å². The van der Waals surface area contributed by atoms with Crippen molar-refractivity contribution in [1.82, 2.24) is 20.6 Å². The molecule has 4 N–H and O–H groups in total. The lowest BCUT2D eigenvalue weighted by atomic mass is 9.83. The van der Waals surface area contributed by atoms with E-state index in [1.165, 1.54) is 0 Å². The average molecular weight is 420 g/mol. The second kappa shape index (κ2) is 8.53. The highest BCUT2D eigenvalue weighted by Crippen LogP contribution is 2.36. The van der Waals surface area contributed by atoms with Gasteiger partial charge in [0.15, 0.2) is 0 Å². The van der Waals surface area contributed by atoms with Gasteiger partial charge in [0, 0.05) is 11.0 Å². The third-order valence-electron chi connectivity index (χ3n) is 4.05. The molecule has 0 aliphatic carbocycles. The highest BCUT2D eigenvalue weighted by molar-refractivity contribution is 8.14. The van der Waals surface area contributed by atoms with E-state index in [9.17, 15) is 29.4 Å². The van der Waals surface area contributed by atoms with Crippen molar-refractivity contribution >= 4 is 35.1 Å². The van der Waals surface area contributed by atoms with Crippen LogP contribution in [0.2, 0.25) is 0 Å². The molecule has 1 aliphatic heterocycles. The molecule has 1 saturated heterocycles. The Labute approximate surface area is 167 Å². The monoisotopic (exact) mass is 420 g/mol. The van der Waals surface area contributed by atoms with Crippen LogP contribution >= 0.6 is 11.8 Å². The van der Waals surface area contributed by atoms with Crippen LogP contribution in [0.25, 0.3) is 0 Å². The molecule has 1 heterocycles. The molecule has 0 bridgehead atoms. The molecule has 1 unspecified atom stereocenters. The fraction of sp³-hybridized carbons (Fsp3) is 0.750. The van der Waals surface area contributed by atoms with Gasteiger partial charge in [-0.1, -0.05) is 32.5 Å². The van der Waals surface area contributed by atoms with E-state index in [1.54, 1.807) is 41.5 Å². The summed E-state index contributed by atoms with van der Waals surface area (Å²) in [6.45, 7) is 9.58. The second-order valence-electron chi connectivity index (χ2n) is 8.23. The van der Waals surface area contributed by atoms with Gasteiger partial charge in [-0.25, -0.2) is 9.59 Å². The van der Waals surface area contributed by atoms with Crippen molar-refractivity contribution < 1.29 is 34.2 Å². The Morgan fingerprint density at radius 1 is 1.18 bits per heavy atom. The maximum absolute atomic E-state index is 12.0. The molecule has 28 heavy (non-hydrogen) atoms. The first-order valence-corrected chi connectivity index (χ1v) is 9.52. The molecular weight excluding hydrogens is 392 g/mol. The van der Waals surface area contributed by atoms with Crippen molar-refractivity contribution in [3.63, 3.8) is 0 Å². The third-order valence-corrected chi connectivity index (χ3v) is 4.91. The quantitative estimate of drug-likeness (QED) is 0.275. The van der Waals surface area contributed by atoms with Crippen LogP contribution in [0.4, 0.5) is 14.4 Å². The van der Waals surface area contributed by atoms with E-state index in [2.05, 4.69) is 10.8 Å². The van der Waals surface area contributed by atoms with Crippen molar-refractivity contribution in [1.29, 1.82) is 0 Å². The number of carboxylic acid groups (broad SMARTS) is 2. The Bertz CT molecular complexity index is 628. The Hall–Kier alpha value is -2.05. The number of hydroxylamine groups is 1. The van der Waals surface area contributed by atoms with Gasteiger partial charge in [-0.3, -0.25) is 29.5 Å². The first-order valence-electron chi connectivity index (χ1n) is 8.54. The van der Waals surface area contributed by atoms with Gasteiger partial charge in [0.25, 0.3) is 5.24 Å². The molecular formula is C16H28N4O7S. The fourth-order valence-corrected chi connectivity index (χ4v) is 3.53. The molecule has 4 amide bonds. The Morgan fingerprint density at radius 3 is 2.11 bits per heavy atom. The average Bonchev–Trinajstić information content (AvgIpc) is 2.79. The first kappa shape index (κ1) is 24.0. The van der Waals surface area contributed by atoms with Crippen molar-refractivity contribution in [3.8, 4) is 0 Å². The largest absolute Gasteiger partial charge is 0.465 e. The van der Waals surface area contributed by atoms with Gasteiger partial charge in [0.2, 0.25) is 11.7 Å². The number of imide groups is 1. The van der Waals surface area contributed by atoms with E-state index in [4.69, 9.17) is 4.84 Å². The predicted molar refractivity (Wildman–Crippen MR) is 102 cm³/mol. The fourth-order valence-electron chi connectivity index (χ4n) is 2.78. The SMILES string of the molecule is CC(C)(C)N(C(=O)O)C(NOCCN1C(=O)CSC1=O)(NC(=O)O)C(C)(C)C. The third kappa shape index (κ3) is 5.26. The molecule has 1 atom stereocenters. The number of hydrogen-bond donors (Lipinski definition) is 4. The Balaban J connectivity index is 3.12. The molecule has 11 nitrogen and oxygen atoms in total. The number of nitrogens with zero attached hydrogens (tertiary/aromatic N) is 2. The Kier molecular flexibility index (Phi) is 7.31. The highest BCUT2D eigenvalue weighted by Gasteiger charge is 2.55. The molecule has 0 saturated carbocycles. The molecule has 1 fully saturated rings. The minimum atomic E-state index is -1.86. The number of nitrogens with one attached hydrogen (secondary N) is 2. The lowest BCUT2D eigenvalue weighted by Crippen LogP contribution is -2.78. The summed E-state index contributed by atoms with van der Waals surface area (Å²) in [6, 6.07) is 0. The zero-order valence-corrected chi connectivity index (χ0v) is 17.7. The van der Waals surface area contributed by atoms with E-state index >= 15 is 0 Å². The first-order chi connectivity index (χ1) is 12.6. The summed E-state index contributed by atoms with van der Waals surface area (Å²) in [7, 11) is 0. The summed E-state index contributed by atoms with van der Waals surface area (Å²) in [5.74, 6) is -2.14. The van der Waals surface area contributed by atoms with E-state index in [1.807, 2.05) is 0 Å². The van der Waals surface area contributed by atoms with Gasteiger partial charge in [-0.2, -0.15) is 5.48 Å². The number of amides is 4. The number of hydrogen-bond acceptors (Lipinski definition) is 7. The number of thioether (sulfide) groups is 1. The lowest BCUT2D eigenvalue weighted by molar-refractivity contribution is -0.169. The van der Waals surface area contributed by atoms with Gasteiger partial charge in [-0.05, 0) is 20.8 Å². The number of carbonyl (C=O) groups is 4. The summed E-state index contributed by atoms with van der Waals surface area (Å²) < 4.78 is 0. The zero-order valence-electron chi connectivity index (χ0n) is 16.9. The van der Waals surface area contributed by atoms with E-state index in [0.717, 1.165) is 21.6 Å². The van der Waals surface area contributed by atoms with Gasteiger partial charge >= 0.3 is 12.2 Å². The van der Waals surface area contributed by atoms with Gasteiger partial charge in [0.05, 0.1) is 18.9 Å².